The fourth-order valence-corrected chi connectivity index (χ4v) is 1.49. The molecule has 9 heteroatoms. The lowest BCUT2D eigenvalue weighted by atomic mass is 10.3. The van der Waals surface area contributed by atoms with Gasteiger partial charge in [0.1, 0.15) is 18.3 Å². The molecule has 9 nitrogen and oxygen atoms in total. The molecule has 0 aliphatic carbocycles. The Hall–Kier alpha value is -3.49. The third kappa shape index (κ3) is 5.42. The highest BCUT2D eigenvalue weighted by Gasteiger charge is 2.06. The third-order valence-corrected chi connectivity index (χ3v) is 2.55. The normalized spacial score (nSPS) is 9.22. The van der Waals surface area contributed by atoms with E-state index in [2.05, 4.69) is 0 Å². The summed E-state index contributed by atoms with van der Waals surface area (Å²) in [6.45, 7) is 1.88. The first kappa shape index (κ1) is 17.6. The Balaban J connectivity index is 0.00000127. The molecule has 2 aromatic carbocycles. The Morgan fingerprint density at radius 3 is 1.30 bits per heavy atom. The van der Waals surface area contributed by atoms with Crippen LogP contribution >= 0.6 is 0 Å². The minimum atomic E-state index is -0.503. The molecule has 0 spiro atoms. The number of rotatable bonds is 6. The quantitative estimate of drug-likeness (QED) is 0.455. The summed E-state index contributed by atoms with van der Waals surface area (Å²) in [6.07, 6.45) is 0. The number of non-ortho nitro benzene ring substituents is 2. The molecule has 0 aliphatic rings. The molecule has 0 radical (unpaired) electrons. The number of nitro groups is 2. The van der Waals surface area contributed by atoms with Crippen LogP contribution in [0.25, 0.3) is 0 Å². The fourth-order valence-electron chi connectivity index (χ4n) is 1.49. The largest absolute Gasteiger partial charge is 0.457 e. The summed E-state index contributed by atoms with van der Waals surface area (Å²) in [5, 5.41) is 21.0. The van der Waals surface area contributed by atoms with Crippen LogP contribution in [0.15, 0.2) is 48.5 Å². The van der Waals surface area contributed by atoms with Gasteiger partial charge in [-0.15, -0.1) is 0 Å². The van der Waals surface area contributed by atoms with Crippen LogP contribution in [0.2, 0.25) is 0 Å². The first-order chi connectivity index (χ1) is 11.1. The Labute approximate surface area is 130 Å². The van der Waals surface area contributed by atoms with Crippen molar-refractivity contribution in [2.45, 2.75) is 0 Å². The van der Waals surface area contributed by atoms with Crippen LogP contribution in [0.4, 0.5) is 11.4 Å². The summed E-state index contributed by atoms with van der Waals surface area (Å²) in [5.41, 5.74) is -0.0581. The molecule has 0 atom stereocenters. The molecule has 0 unspecified atom stereocenters. The number of hydrogen-bond donors (Lipinski definition) is 0. The smallest absolute Gasteiger partial charge is 0.269 e. The van der Waals surface area contributed by atoms with Gasteiger partial charge in [-0.1, -0.05) is 0 Å². The summed E-state index contributed by atoms with van der Waals surface area (Å²) < 4.78 is 10.5. The minimum Gasteiger partial charge on any atom is -0.457 e. The lowest BCUT2D eigenvalue weighted by Crippen LogP contribution is -2.05. The zero-order valence-corrected chi connectivity index (χ0v) is 11.8. The molecule has 2 rings (SSSR count). The zero-order valence-electron chi connectivity index (χ0n) is 11.8. The molecule has 23 heavy (non-hydrogen) atoms. The first-order valence-electron chi connectivity index (χ1n) is 6.09. The summed E-state index contributed by atoms with van der Waals surface area (Å²) in [5.74, 6) is 0.838. The van der Waals surface area contributed by atoms with Gasteiger partial charge in [0.25, 0.3) is 11.4 Å². The van der Waals surface area contributed by atoms with Gasteiger partial charge in [0.15, 0.2) is 0 Å². The van der Waals surface area contributed by atoms with Gasteiger partial charge in [0.2, 0.25) is 6.79 Å². The lowest BCUT2D eigenvalue weighted by molar-refractivity contribution is -0.385. The van der Waals surface area contributed by atoms with Crippen LogP contribution in [0.3, 0.4) is 0 Å². The molecule has 120 valence electrons. The summed E-state index contributed by atoms with van der Waals surface area (Å²) in [6, 6.07) is 11.1. The number of hydrogen-bond acceptors (Lipinski definition) is 7. The van der Waals surface area contributed by atoms with Gasteiger partial charge in [-0.05, 0) is 24.3 Å². The number of benzene rings is 2. The first-order valence-corrected chi connectivity index (χ1v) is 6.09. The van der Waals surface area contributed by atoms with Crippen molar-refractivity contribution in [2.75, 3.05) is 6.79 Å². The average Bonchev–Trinajstić information content (AvgIpc) is 2.57. The van der Waals surface area contributed by atoms with E-state index in [1.807, 2.05) is 6.79 Å². The van der Waals surface area contributed by atoms with E-state index in [-0.39, 0.29) is 18.2 Å². The molecule has 0 aliphatic heterocycles. The van der Waals surface area contributed by atoms with Crippen LogP contribution in [0.1, 0.15) is 0 Å². The van der Waals surface area contributed by atoms with Crippen molar-refractivity contribution >= 4 is 18.2 Å². The van der Waals surface area contributed by atoms with Gasteiger partial charge >= 0.3 is 0 Å². The summed E-state index contributed by atoms with van der Waals surface area (Å²) in [4.78, 5) is 28.0. The van der Waals surface area contributed by atoms with E-state index >= 15 is 0 Å². The standard InChI is InChI=1S/C13H10N2O6.CH2O/c16-14(17)10-1-5-12(6-2-10)20-9-21-13-7-3-11(4-8-13)15(18)19;1-2/h1-8H,9H2;1H2. The summed E-state index contributed by atoms with van der Waals surface area (Å²) in [7, 11) is 0. The van der Waals surface area contributed by atoms with Gasteiger partial charge in [-0.3, -0.25) is 20.2 Å². The van der Waals surface area contributed by atoms with Crippen molar-refractivity contribution in [3.05, 3.63) is 68.8 Å². The van der Waals surface area contributed by atoms with Crippen molar-refractivity contribution < 1.29 is 24.1 Å². The molecule has 0 bridgehead atoms. The van der Waals surface area contributed by atoms with Crippen LogP contribution in [0, 0.1) is 20.2 Å². The van der Waals surface area contributed by atoms with Crippen molar-refractivity contribution in [1.29, 1.82) is 0 Å². The molecule has 0 saturated carbocycles. The van der Waals surface area contributed by atoms with Crippen molar-refractivity contribution in [1.82, 2.24) is 0 Å². The van der Waals surface area contributed by atoms with Crippen LogP contribution in [-0.2, 0) is 4.79 Å². The predicted molar refractivity (Wildman–Crippen MR) is 79.4 cm³/mol. The van der Waals surface area contributed by atoms with Crippen molar-refractivity contribution in [3.63, 3.8) is 0 Å². The van der Waals surface area contributed by atoms with E-state index < -0.39 is 9.85 Å². The fraction of sp³-hybridized carbons (Fsp3) is 0.0714. The Bertz CT molecular complexity index is 598. The maximum atomic E-state index is 10.5. The molecular weight excluding hydrogens is 308 g/mol. The van der Waals surface area contributed by atoms with E-state index in [0.29, 0.717) is 11.5 Å². The second kappa shape index (κ2) is 8.72. The molecule has 0 saturated heterocycles. The van der Waals surface area contributed by atoms with Gasteiger partial charge in [-0.25, -0.2) is 0 Å². The van der Waals surface area contributed by atoms with Crippen molar-refractivity contribution in [3.8, 4) is 11.5 Å². The van der Waals surface area contributed by atoms with E-state index in [1.54, 1.807) is 0 Å². The Morgan fingerprint density at radius 2 is 1.04 bits per heavy atom. The molecule has 0 heterocycles. The highest BCUT2D eigenvalue weighted by atomic mass is 16.7. The predicted octanol–water partition coefficient (Wildman–Crippen LogP) is 2.73. The topological polar surface area (TPSA) is 122 Å². The lowest BCUT2D eigenvalue weighted by Gasteiger charge is -2.08. The number of nitrogens with zero attached hydrogens (tertiary/aromatic N) is 2. The van der Waals surface area contributed by atoms with Crippen molar-refractivity contribution in [2.24, 2.45) is 0 Å². The molecular formula is C14H12N2O7. The van der Waals surface area contributed by atoms with Crippen LogP contribution in [0.5, 0.6) is 11.5 Å². The molecule has 0 amide bonds. The monoisotopic (exact) mass is 320 g/mol. The molecule has 0 aromatic heterocycles. The second-order valence-electron chi connectivity index (χ2n) is 3.91. The van der Waals surface area contributed by atoms with Gasteiger partial charge < -0.3 is 14.3 Å². The SMILES string of the molecule is C=O.O=[N+]([O-])c1ccc(OCOc2ccc([N+](=O)[O-])cc2)cc1. The summed E-state index contributed by atoms with van der Waals surface area (Å²) >= 11 is 0. The maximum absolute atomic E-state index is 10.5. The van der Waals surface area contributed by atoms with Gasteiger partial charge in [0, 0.05) is 24.3 Å². The maximum Gasteiger partial charge on any atom is 0.269 e. The van der Waals surface area contributed by atoms with E-state index in [0.717, 1.165) is 0 Å². The second-order valence-corrected chi connectivity index (χ2v) is 3.91. The number of nitro benzene ring substituents is 2. The van der Waals surface area contributed by atoms with E-state index in [4.69, 9.17) is 14.3 Å². The molecule has 0 fully saturated rings. The Morgan fingerprint density at radius 1 is 0.739 bits per heavy atom. The molecule has 2 aromatic rings. The van der Waals surface area contributed by atoms with Crippen LogP contribution < -0.4 is 9.47 Å². The van der Waals surface area contributed by atoms with E-state index in [9.17, 15) is 20.2 Å². The van der Waals surface area contributed by atoms with Gasteiger partial charge in [-0.2, -0.15) is 0 Å². The number of carbonyl (C=O) groups is 1. The highest BCUT2D eigenvalue weighted by Crippen LogP contribution is 2.19. The zero-order chi connectivity index (χ0) is 17.2. The number of carbonyl (C=O) groups excluding carboxylic acids is 1. The minimum absolute atomic E-state index is 0.0290. The number of ether oxygens (including phenoxy) is 2. The Kier molecular flexibility index (Phi) is 6.66. The molecule has 0 N–H and O–H groups in total. The van der Waals surface area contributed by atoms with E-state index in [1.165, 1.54) is 48.5 Å². The highest BCUT2D eigenvalue weighted by molar-refractivity contribution is 5.37. The van der Waals surface area contributed by atoms with Gasteiger partial charge in [0.05, 0.1) is 9.85 Å². The third-order valence-electron chi connectivity index (χ3n) is 2.55. The average molecular weight is 320 g/mol. The van der Waals surface area contributed by atoms with Crippen LogP contribution in [-0.4, -0.2) is 23.4 Å².